The van der Waals surface area contributed by atoms with Crippen molar-refractivity contribution >= 4 is 0 Å². The van der Waals surface area contributed by atoms with Gasteiger partial charge in [0.05, 0.1) is 20.3 Å². The van der Waals surface area contributed by atoms with Gasteiger partial charge in [0.2, 0.25) is 0 Å². The summed E-state index contributed by atoms with van der Waals surface area (Å²) in [7, 11) is 1.72. The van der Waals surface area contributed by atoms with Crippen LogP contribution in [0.1, 0.15) is 23.6 Å². The lowest BCUT2D eigenvalue weighted by Gasteiger charge is -2.08. The Kier molecular flexibility index (Phi) is 2.23. The SMILES string of the molecule is CCc1cc2c(cc1OC)COC2. The Labute approximate surface area is 78.5 Å². The molecule has 0 bridgehead atoms. The van der Waals surface area contributed by atoms with Crippen LogP contribution in [0.25, 0.3) is 0 Å². The molecule has 1 aromatic carbocycles. The van der Waals surface area contributed by atoms with Crippen molar-refractivity contribution in [1.29, 1.82) is 0 Å². The highest BCUT2D eigenvalue weighted by atomic mass is 16.5. The van der Waals surface area contributed by atoms with Gasteiger partial charge in [0.15, 0.2) is 0 Å². The molecule has 0 aliphatic carbocycles. The van der Waals surface area contributed by atoms with E-state index >= 15 is 0 Å². The second-order valence-corrected chi connectivity index (χ2v) is 3.28. The standard InChI is InChI=1S/C11H14O2/c1-3-8-4-9-6-13-7-10(9)5-11(8)12-2/h4-5H,3,6-7H2,1-2H3. The zero-order valence-corrected chi connectivity index (χ0v) is 8.09. The molecule has 0 atom stereocenters. The highest BCUT2D eigenvalue weighted by Gasteiger charge is 2.14. The lowest BCUT2D eigenvalue weighted by molar-refractivity contribution is 0.134. The minimum atomic E-state index is 0.732. The Balaban J connectivity index is 2.47. The van der Waals surface area contributed by atoms with E-state index in [2.05, 4.69) is 19.1 Å². The van der Waals surface area contributed by atoms with Crippen molar-refractivity contribution in [3.8, 4) is 5.75 Å². The number of hydrogen-bond acceptors (Lipinski definition) is 2. The van der Waals surface area contributed by atoms with Crippen LogP contribution in [0.15, 0.2) is 12.1 Å². The number of methoxy groups -OCH3 is 1. The second kappa shape index (κ2) is 3.38. The Hall–Kier alpha value is -1.02. The summed E-state index contributed by atoms with van der Waals surface area (Å²) in [5.74, 6) is 0.992. The van der Waals surface area contributed by atoms with Gasteiger partial charge in [0.25, 0.3) is 0 Å². The fourth-order valence-corrected chi connectivity index (χ4v) is 1.72. The molecular weight excluding hydrogens is 164 g/mol. The summed E-state index contributed by atoms with van der Waals surface area (Å²) in [4.78, 5) is 0. The summed E-state index contributed by atoms with van der Waals surface area (Å²) in [6.45, 7) is 3.63. The third-order valence-corrected chi connectivity index (χ3v) is 2.50. The smallest absolute Gasteiger partial charge is 0.122 e. The Morgan fingerprint density at radius 2 is 2.00 bits per heavy atom. The first kappa shape index (κ1) is 8.57. The van der Waals surface area contributed by atoms with Gasteiger partial charge in [-0.25, -0.2) is 0 Å². The first-order valence-corrected chi connectivity index (χ1v) is 4.61. The molecular formula is C11H14O2. The van der Waals surface area contributed by atoms with Crippen LogP contribution in [-0.4, -0.2) is 7.11 Å². The number of fused-ring (bicyclic) bond motifs is 1. The molecule has 0 spiro atoms. The van der Waals surface area contributed by atoms with Gasteiger partial charge in [0, 0.05) is 0 Å². The summed E-state index contributed by atoms with van der Waals surface area (Å²) >= 11 is 0. The van der Waals surface area contributed by atoms with Gasteiger partial charge in [-0.3, -0.25) is 0 Å². The monoisotopic (exact) mass is 178 g/mol. The van der Waals surface area contributed by atoms with E-state index in [1.807, 2.05) is 0 Å². The van der Waals surface area contributed by atoms with Gasteiger partial charge < -0.3 is 9.47 Å². The molecule has 0 aromatic heterocycles. The molecule has 1 aliphatic heterocycles. The van der Waals surface area contributed by atoms with Crippen LogP contribution in [0, 0.1) is 0 Å². The number of ether oxygens (including phenoxy) is 2. The molecule has 0 amide bonds. The summed E-state index contributed by atoms with van der Waals surface area (Å²) < 4.78 is 10.7. The molecule has 0 saturated heterocycles. The van der Waals surface area contributed by atoms with Crippen LogP contribution >= 0.6 is 0 Å². The van der Waals surface area contributed by atoms with Crippen molar-refractivity contribution in [3.63, 3.8) is 0 Å². The number of benzene rings is 1. The van der Waals surface area contributed by atoms with E-state index in [-0.39, 0.29) is 0 Å². The Morgan fingerprint density at radius 1 is 1.31 bits per heavy atom. The van der Waals surface area contributed by atoms with E-state index in [4.69, 9.17) is 9.47 Å². The summed E-state index contributed by atoms with van der Waals surface area (Å²) in [6, 6.07) is 4.29. The van der Waals surface area contributed by atoms with Gasteiger partial charge in [0.1, 0.15) is 5.75 Å². The van der Waals surface area contributed by atoms with Crippen LogP contribution in [0.3, 0.4) is 0 Å². The van der Waals surface area contributed by atoms with E-state index in [9.17, 15) is 0 Å². The molecule has 2 nitrogen and oxygen atoms in total. The Morgan fingerprint density at radius 3 is 2.62 bits per heavy atom. The molecule has 0 saturated carbocycles. The molecule has 0 radical (unpaired) electrons. The molecule has 1 heterocycles. The van der Waals surface area contributed by atoms with E-state index in [1.54, 1.807) is 7.11 Å². The first-order valence-electron chi connectivity index (χ1n) is 4.61. The summed E-state index contributed by atoms with van der Waals surface area (Å²) in [6.07, 6.45) is 1.01. The molecule has 2 rings (SSSR count). The second-order valence-electron chi connectivity index (χ2n) is 3.28. The maximum absolute atomic E-state index is 5.36. The minimum absolute atomic E-state index is 0.732. The topological polar surface area (TPSA) is 18.5 Å². The average Bonchev–Trinajstić information content (AvgIpc) is 2.62. The van der Waals surface area contributed by atoms with Crippen LogP contribution in [0.2, 0.25) is 0 Å². The maximum atomic E-state index is 5.36. The van der Waals surface area contributed by atoms with Gasteiger partial charge in [-0.15, -0.1) is 0 Å². The highest BCUT2D eigenvalue weighted by molar-refractivity contribution is 5.43. The average molecular weight is 178 g/mol. The molecule has 0 fully saturated rings. The lowest BCUT2D eigenvalue weighted by atomic mass is 10.0. The van der Waals surface area contributed by atoms with E-state index in [1.165, 1.54) is 16.7 Å². The molecule has 1 aliphatic rings. The molecule has 70 valence electrons. The van der Waals surface area contributed by atoms with Crippen LogP contribution < -0.4 is 4.74 Å². The van der Waals surface area contributed by atoms with Crippen LogP contribution in [-0.2, 0) is 24.4 Å². The predicted molar refractivity (Wildman–Crippen MR) is 50.9 cm³/mol. The van der Waals surface area contributed by atoms with Gasteiger partial charge in [-0.1, -0.05) is 6.92 Å². The minimum Gasteiger partial charge on any atom is -0.496 e. The predicted octanol–water partition coefficient (Wildman–Crippen LogP) is 2.29. The van der Waals surface area contributed by atoms with Crippen molar-refractivity contribution < 1.29 is 9.47 Å². The van der Waals surface area contributed by atoms with Gasteiger partial charge in [-0.05, 0) is 35.2 Å². The van der Waals surface area contributed by atoms with Crippen molar-refractivity contribution in [2.45, 2.75) is 26.6 Å². The van der Waals surface area contributed by atoms with Gasteiger partial charge in [-0.2, -0.15) is 0 Å². The number of aryl methyl sites for hydroxylation is 1. The lowest BCUT2D eigenvalue weighted by Crippen LogP contribution is -1.93. The van der Waals surface area contributed by atoms with E-state index < -0.39 is 0 Å². The third-order valence-electron chi connectivity index (χ3n) is 2.50. The molecule has 2 heteroatoms. The van der Waals surface area contributed by atoms with Crippen LogP contribution in [0.5, 0.6) is 5.75 Å². The van der Waals surface area contributed by atoms with E-state index in [0.29, 0.717) is 0 Å². The van der Waals surface area contributed by atoms with Crippen molar-refractivity contribution in [3.05, 3.63) is 28.8 Å². The fourth-order valence-electron chi connectivity index (χ4n) is 1.72. The van der Waals surface area contributed by atoms with Crippen molar-refractivity contribution in [1.82, 2.24) is 0 Å². The zero-order chi connectivity index (χ0) is 9.26. The Bertz CT molecular complexity index is 287. The van der Waals surface area contributed by atoms with Crippen LogP contribution in [0.4, 0.5) is 0 Å². The number of rotatable bonds is 2. The summed E-state index contributed by atoms with van der Waals surface area (Å²) in [5.41, 5.74) is 3.86. The largest absolute Gasteiger partial charge is 0.496 e. The quantitative estimate of drug-likeness (QED) is 0.691. The molecule has 0 unspecified atom stereocenters. The number of hydrogen-bond donors (Lipinski definition) is 0. The van der Waals surface area contributed by atoms with Crippen molar-refractivity contribution in [2.24, 2.45) is 0 Å². The summed E-state index contributed by atoms with van der Waals surface area (Å²) in [5, 5.41) is 0. The van der Waals surface area contributed by atoms with Gasteiger partial charge >= 0.3 is 0 Å². The molecule has 13 heavy (non-hydrogen) atoms. The molecule has 1 aromatic rings. The fraction of sp³-hybridized carbons (Fsp3) is 0.455. The van der Waals surface area contributed by atoms with Crippen molar-refractivity contribution in [2.75, 3.05) is 7.11 Å². The maximum Gasteiger partial charge on any atom is 0.122 e. The third kappa shape index (κ3) is 1.42. The normalized spacial score (nSPS) is 14.3. The van der Waals surface area contributed by atoms with E-state index in [0.717, 1.165) is 25.4 Å². The molecule has 0 N–H and O–H groups in total. The highest BCUT2D eigenvalue weighted by Crippen LogP contribution is 2.28. The first-order chi connectivity index (χ1) is 6.35. The zero-order valence-electron chi connectivity index (χ0n) is 8.09.